The van der Waals surface area contributed by atoms with Crippen LogP contribution in [-0.2, 0) is 21.2 Å². The monoisotopic (exact) mass is 426 g/mol. The molecule has 0 unspecified atom stereocenters. The number of hydrogen-bond acceptors (Lipinski definition) is 9. The summed E-state index contributed by atoms with van der Waals surface area (Å²) in [6.07, 6.45) is 1.18. The van der Waals surface area contributed by atoms with E-state index in [-0.39, 0.29) is 31.7 Å². The Balaban J connectivity index is 1.62. The molecule has 0 aromatic carbocycles. The fourth-order valence-electron chi connectivity index (χ4n) is 1.95. The van der Waals surface area contributed by atoms with E-state index in [1.807, 2.05) is 17.5 Å². The highest BCUT2D eigenvalue weighted by atomic mass is 32.2. The molecular formula is C15H14N4O3S4. The molecule has 0 bridgehead atoms. The van der Waals surface area contributed by atoms with E-state index in [1.165, 1.54) is 12.3 Å². The number of nitrogens with zero attached hydrogens (tertiary/aromatic N) is 2. The highest BCUT2D eigenvalue weighted by molar-refractivity contribution is 7.99. The quantitative estimate of drug-likeness (QED) is 0.440. The van der Waals surface area contributed by atoms with Gasteiger partial charge < -0.3 is 11.1 Å². The molecule has 0 saturated heterocycles. The molecule has 0 aliphatic rings. The third-order valence-electron chi connectivity index (χ3n) is 3.18. The molecule has 136 valence electrons. The van der Waals surface area contributed by atoms with Crippen molar-refractivity contribution in [1.29, 1.82) is 0 Å². The van der Waals surface area contributed by atoms with Crippen molar-refractivity contribution < 1.29 is 13.2 Å². The number of anilines is 1. The molecule has 26 heavy (non-hydrogen) atoms. The second kappa shape index (κ2) is 8.16. The summed E-state index contributed by atoms with van der Waals surface area (Å²) in [5.74, 6) is -0.183. The number of aromatic nitrogens is 2. The number of hydrogen-bond donors (Lipinski definition) is 2. The Bertz CT molecular complexity index is 986. The van der Waals surface area contributed by atoms with E-state index in [0.29, 0.717) is 6.54 Å². The molecule has 3 N–H and O–H groups in total. The second-order valence-electron chi connectivity index (χ2n) is 4.98. The first-order valence-electron chi connectivity index (χ1n) is 7.30. The van der Waals surface area contributed by atoms with E-state index < -0.39 is 9.84 Å². The van der Waals surface area contributed by atoms with Crippen molar-refractivity contribution in [2.45, 2.75) is 20.8 Å². The van der Waals surface area contributed by atoms with Crippen LogP contribution in [0, 0.1) is 0 Å². The van der Waals surface area contributed by atoms with Crippen LogP contribution in [0.25, 0.3) is 0 Å². The van der Waals surface area contributed by atoms with Crippen molar-refractivity contribution in [2.24, 2.45) is 0 Å². The van der Waals surface area contributed by atoms with Crippen LogP contribution >= 0.6 is 34.4 Å². The van der Waals surface area contributed by atoms with Gasteiger partial charge in [-0.15, -0.1) is 22.7 Å². The van der Waals surface area contributed by atoms with Crippen LogP contribution in [0.1, 0.15) is 4.88 Å². The Morgan fingerprint density at radius 1 is 1.23 bits per heavy atom. The predicted molar refractivity (Wildman–Crippen MR) is 103 cm³/mol. The first kappa shape index (κ1) is 18.8. The van der Waals surface area contributed by atoms with E-state index in [0.717, 1.165) is 28.0 Å². The zero-order chi connectivity index (χ0) is 18.6. The van der Waals surface area contributed by atoms with Gasteiger partial charge in [0.2, 0.25) is 15.7 Å². The average Bonchev–Trinajstić information content (AvgIpc) is 3.31. The summed E-state index contributed by atoms with van der Waals surface area (Å²) in [6, 6.07) is 7.01. The molecule has 3 aromatic heterocycles. The normalized spacial score (nSPS) is 11.4. The highest BCUT2D eigenvalue weighted by Crippen LogP contribution is 2.28. The van der Waals surface area contributed by atoms with E-state index in [1.54, 1.807) is 22.8 Å². The van der Waals surface area contributed by atoms with Gasteiger partial charge >= 0.3 is 0 Å². The fourth-order valence-corrected chi connectivity index (χ4v) is 5.62. The standard InChI is InChI=1S/C15H14N4O3S4/c16-14-11(26(21,22)13-4-2-6-24-13)8-18-15(19-14)25-9-12(20)17-7-10-3-1-5-23-10/h1-6,8H,7,9H2,(H,17,20)(H2,16,18,19). The predicted octanol–water partition coefficient (Wildman–Crippen LogP) is 2.42. The first-order chi connectivity index (χ1) is 12.5. The lowest BCUT2D eigenvalue weighted by atomic mass is 10.4. The maximum Gasteiger partial charge on any atom is 0.230 e. The van der Waals surface area contributed by atoms with Gasteiger partial charge in [0.1, 0.15) is 14.9 Å². The molecule has 3 rings (SSSR count). The lowest BCUT2D eigenvalue weighted by Crippen LogP contribution is -2.24. The van der Waals surface area contributed by atoms with Crippen LogP contribution in [0.3, 0.4) is 0 Å². The number of rotatable bonds is 7. The van der Waals surface area contributed by atoms with Crippen LogP contribution in [-0.4, -0.2) is 30.0 Å². The summed E-state index contributed by atoms with van der Waals surface area (Å²) in [5, 5.41) is 6.66. The summed E-state index contributed by atoms with van der Waals surface area (Å²) in [7, 11) is -3.73. The van der Waals surface area contributed by atoms with Crippen LogP contribution in [0.5, 0.6) is 0 Å². The van der Waals surface area contributed by atoms with Crippen molar-refractivity contribution in [3.05, 3.63) is 46.1 Å². The molecule has 0 atom stereocenters. The highest BCUT2D eigenvalue weighted by Gasteiger charge is 2.23. The van der Waals surface area contributed by atoms with E-state index in [2.05, 4.69) is 15.3 Å². The molecule has 3 aromatic rings. The number of nitrogen functional groups attached to an aromatic ring is 1. The number of nitrogens with one attached hydrogen (secondary N) is 1. The summed E-state index contributed by atoms with van der Waals surface area (Å²) in [6.45, 7) is 0.470. The Hall–Kier alpha value is -1.95. The molecule has 3 heterocycles. The zero-order valence-electron chi connectivity index (χ0n) is 13.3. The third kappa shape index (κ3) is 4.41. The Labute approximate surface area is 162 Å². The van der Waals surface area contributed by atoms with Gasteiger partial charge in [0.25, 0.3) is 0 Å². The maximum atomic E-state index is 12.5. The minimum atomic E-state index is -3.73. The maximum absolute atomic E-state index is 12.5. The largest absolute Gasteiger partial charge is 0.382 e. The van der Waals surface area contributed by atoms with E-state index in [9.17, 15) is 13.2 Å². The Morgan fingerprint density at radius 2 is 2.00 bits per heavy atom. The topological polar surface area (TPSA) is 115 Å². The summed E-state index contributed by atoms with van der Waals surface area (Å²) in [4.78, 5) is 20.8. The molecule has 0 saturated carbocycles. The first-order valence-corrected chi connectivity index (χ1v) is 11.5. The third-order valence-corrected chi connectivity index (χ3v) is 8.09. The number of thioether (sulfide) groups is 1. The molecule has 0 aliphatic heterocycles. The number of amides is 1. The van der Waals surface area contributed by atoms with Gasteiger partial charge in [-0.2, -0.15) is 0 Å². The molecular weight excluding hydrogens is 412 g/mol. The smallest absolute Gasteiger partial charge is 0.230 e. The molecule has 0 radical (unpaired) electrons. The van der Waals surface area contributed by atoms with Crippen molar-refractivity contribution in [1.82, 2.24) is 15.3 Å². The number of carbonyl (C=O) groups is 1. The lowest BCUT2D eigenvalue weighted by molar-refractivity contribution is -0.118. The molecule has 0 spiro atoms. The molecule has 11 heteroatoms. The molecule has 7 nitrogen and oxygen atoms in total. The van der Waals surface area contributed by atoms with Gasteiger partial charge in [-0.3, -0.25) is 4.79 Å². The Kier molecular flexibility index (Phi) is 5.91. The van der Waals surface area contributed by atoms with Gasteiger partial charge in [0.05, 0.1) is 18.5 Å². The fraction of sp³-hybridized carbons (Fsp3) is 0.133. The van der Waals surface area contributed by atoms with Crippen LogP contribution in [0.4, 0.5) is 5.82 Å². The van der Waals surface area contributed by atoms with E-state index >= 15 is 0 Å². The SMILES string of the molecule is Nc1nc(SCC(=O)NCc2cccs2)ncc1S(=O)(=O)c1cccs1. The molecule has 0 fully saturated rings. The number of thiophene rings is 2. The second-order valence-corrected chi connectivity index (χ2v) is 10.0. The summed E-state index contributed by atoms with van der Waals surface area (Å²) < 4.78 is 25.1. The lowest BCUT2D eigenvalue weighted by Gasteiger charge is -2.07. The minimum Gasteiger partial charge on any atom is -0.382 e. The summed E-state index contributed by atoms with van der Waals surface area (Å²) >= 11 is 3.76. The van der Waals surface area contributed by atoms with Crippen LogP contribution in [0.2, 0.25) is 0 Å². The minimum absolute atomic E-state index is 0.113. The molecule has 0 aliphatic carbocycles. The van der Waals surface area contributed by atoms with Gasteiger partial charge in [0, 0.05) is 4.88 Å². The number of nitrogens with two attached hydrogens (primary N) is 1. The Morgan fingerprint density at radius 3 is 2.65 bits per heavy atom. The van der Waals surface area contributed by atoms with Crippen molar-refractivity contribution in [2.75, 3.05) is 11.5 Å². The van der Waals surface area contributed by atoms with Crippen molar-refractivity contribution in [3.8, 4) is 0 Å². The van der Waals surface area contributed by atoms with Crippen LogP contribution in [0.15, 0.2) is 55.5 Å². The average molecular weight is 427 g/mol. The zero-order valence-corrected chi connectivity index (χ0v) is 16.6. The number of carbonyl (C=O) groups excluding carboxylic acids is 1. The van der Waals surface area contributed by atoms with E-state index in [4.69, 9.17) is 5.73 Å². The summed E-state index contributed by atoms with van der Waals surface area (Å²) in [5.41, 5.74) is 5.80. The van der Waals surface area contributed by atoms with Gasteiger partial charge in [-0.25, -0.2) is 18.4 Å². The molecule has 1 amide bonds. The van der Waals surface area contributed by atoms with Crippen LogP contribution < -0.4 is 11.1 Å². The van der Waals surface area contributed by atoms with Gasteiger partial charge in [-0.1, -0.05) is 23.9 Å². The van der Waals surface area contributed by atoms with Gasteiger partial charge in [0.15, 0.2) is 5.16 Å². The number of sulfone groups is 1. The van der Waals surface area contributed by atoms with Gasteiger partial charge in [-0.05, 0) is 22.9 Å². The van der Waals surface area contributed by atoms with Crippen molar-refractivity contribution in [3.63, 3.8) is 0 Å². The van der Waals surface area contributed by atoms with Crippen molar-refractivity contribution >= 4 is 56.0 Å².